The first-order chi connectivity index (χ1) is 17.8. The van der Waals surface area contributed by atoms with E-state index in [2.05, 4.69) is 0 Å². The molecular weight excluding hydrogens is 490 g/mol. The van der Waals surface area contributed by atoms with Gasteiger partial charge in [-0.1, -0.05) is 49.4 Å². The lowest BCUT2D eigenvalue weighted by atomic mass is 10.1. The highest BCUT2D eigenvalue weighted by Crippen LogP contribution is 2.33. The Bertz CT molecular complexity index is 1570. The Balaban J connectivity index is 1.86. The lowest BCUT2D eigenvalue weighted by Crippen LogP contribution is -2.35. The molecule has 0 aliphatic heterocycles. The number of amides is 1. The van der Waals surface area contributed by atoms with Crippen molar-refractivity contribution < 1.29 is 27.2 Å². The standard InChI is InChI=1S/C29H27NO6S/c1-4-21-11-15-24(16-12-21)37(33,34)30(27(31)18-13-22-9-7-6-8-10-22)23-14-17-26-25(19-23)28(20(3)36-26)29(32)35-5-2/h6-19H,4-5H2,1-3H3. The third kappa shape index (κ3) is 5.34. The number of fused-ring (bicyclic) bond motifs is 1. The summed E-state index contributed by atoms with van der Waals surface area (Å²) in [5.74, 6) is -1.01. The molecule has 0 saturated heterocycles. The van der Waals surface area contributed by atoms with Crippen molar-refractivity contribution in [2.75, 3.05) is 10.9 Å². The van der Waals surface area contributed by atoms with Crippen LogP contribution in [0.25, 0.3) is 17.0 Å². The molecule has 7 nitrogen and oxygen atoms in total. The molecule has 37 heavy (non-hydrogen) atoms. The number of aryl methyl sites for hydroxylation is 2. The highest BCUT2D eigenvalue weighted by atomic mass is 32.2. The van der Waals surface area contributed by atoms with E-state index in [4.69, 9.17) is 9.15 Å². The summed E-state index contributed by atoms with van der Waals surface area (Å²) in [7, 11) is -4.30. The van der Waals surface area contributed by atoms with Gasteiger partial charge in [0.2, 0.25) is 0 Å². The molecule has 1 heterocycles. The number of carbonyl (C=O) groups is 2. The zero-order valence-electron chi connectivity index (χ0n) is 20.8. The molecule has 0 saturated carbocycles. The van der Waals surface area contributed by atoms with E-state index in [0.717, 1.165) is 21.9 Å². The minimum atomic E-state index is -4.30. The predicted octanol–water partition coefficient (Wildman–Crippen LogP) is 5.92. The Morgan fingerprint density at radius 2 is 1.68 bits per heavy atom. The summed E-state index contributed by atoms with van der Waals surface area (Å²) in [6, 6.07) is 20.0. The van der Waals surface area contributed by atoms with Gasteiger partial charge in [-0.15, -0.1) is 0 Å². The van der Waals surface area contributed by atoms with E-state index in [1.807, 2.05) is 25.1 Å². The normalized spacial score (nSPS) is 11.6. The Hall–Kier alpha value is -4.17. The number of ether oxygens (including phenoxy) is 1. The van der Waals surface area contributed by atoms with Gasteiger partial charge in [0, 0.05) is 11.5 Å². The number of carbonyl (C=O) groups excluding carboxylic acids is 2. The summed E-state index contributed by atoms with van der Waals surface area (Å²) in [5, 5.41) is 0.356. The van der Waals surface area contributed by atoms with Crippen LogP contribution in [0.2, 0.25) is 0 Å². The number of nitrogens with zero attached hydrogens (tertiary/aromatic N) is 1. The van der Waals surface area contributed by atoms with E-state index >= 15 is 0 Å². The molecule has 0 aliphatic rings. The van der Waals surface area contributed by atoms with Crippen LogP contribution in [0.1, 0.15) is 41.1 Å². The van der Waals surface area contributed by atoms with Crippen LogP contribution in [0.3, 0.4) is 0 Å². The number of rotatable bonds is 8. The molecule has 0 aliphatic carbocycles. The van der Waals surface area contributed by atoms with E-state index < -0.39 is 21.9 Å². The van der Waals surface area contributed by atoms with E-state index in [1.165, 1.54) is 36.4 Å². The molecule has 3 aromatic carbocycles. The number of furan rings is 1. The van der Waals surface area contributed by atoms with E-state index in [1.54, 1.807) is 44.2 Å². The lowest BCUT2D eigenvalue weighted by molar-refractivity contribution is -0.113. The molecule has 1 aromatic heterocycles. The van der Waals surface area contributed by atoms with Gasteiger partial charge in [0.25, 0.3) is 15.9 Å². The summed E-state index contributed by atoms with van der Waals surface area (Å²) in [4.78, 5) is 26.0. The number of hydrogen-bond acceptors (Lipinski definition) is 6. The third-order valence-corrected chi connectivity index (χ3v) is 7.59. The van der Waals surface area contributed by atoms with Gasteiger partial charge >= 0.3 is 5.97 Å². The second-order valence-electron chi connectivity index (χ2n) is 8.28. The van der Waals surface area contributed by atoms with Crippen molar-refractivity contribution in [3.05, 3.63) is 101 Å². The number of sulfonamides is 1. The fourth-order valence-electron chi connectivity index (χ4n) is 3.98. The molecule has 0 atom stereocenters. The number of benzene rings is 3. The zero-order chi connectivity index (χ0) is 26.6. The van der Waals surface area contributed by atoms with Crippen LogP contribution in [0.15, 0.2) is 88.2 Å². The average Bonchev–Trinajstić information content (AvgIpc) is 3.23. The molecule has 0 spiro atoms. The molecule has 4 aromatic rings. The Morgan fingerprint density at radius 1 is 0.973 bits per heavy atom. The minimum Gasteiger partial charge on any atom is -0.462 e. The maximum Gasteiger partial charge on any atom is 0.342 e. The van der Waals surface area contributed by atoms with Gasteiger partial charge < -0.3 is 9.15 Å². The van der Waals surface area contributed by atoms with Crippen molar-refractivity contribution in [1.29, 1.82) is 0 Å². The monoisotopic (exact) mass is 517 g/mol. The summed E-state index contributed by atoms with van der Waals surface area (Å²) in [6.07, 6.45) is 3.51. The summed E-state index contributed by atoms with van der Waals surface area (Å²) < 4.78 is 39.2. The molecule has 4 rings (SSSR count). The van der Waals surface area contributed by atoms with E-state index in [-0.39, 0.29) is 22.8 Å². The Kier molecular flexibility index (Phi) is 7.59. The predicted molar refractivity (Wildman–Crippen MR) is 143 cm³/mol. The highest BCUT2D eigenvalue weighted by Gasteiger charge is 2.31. The van der Waals surface area contributed by atoms with Crippen molar-refractivity contribution in [1.82, 2.24) is 0 Å². The lowest BCUT2D eigenvalue weighted by Gasteiger charge is -2.22. The van der Waals surface area contributed by atoms with E-state index in [9.17, 15) is 18.0 Å². The van der Waals surface area contributed by atoms with Crippen LogP contribution in [0, 0.1) is 6.92 Å². The van der Waals surface area contributed by atoms with Crippen molar-refractivity contribution in [2.45, 2.75) is 32.1 Å². The van der Waals surface area contributed by atoms with E-state index in [0.29, 0.717) is 16.7 Å². The van der Waals surface area contributed by atoms with Crippen molar-refractivity contribution in [2.24, 2.45) is 0 Å². The maximum absolute atomic E-state index is 13.8. The molecule has 1 amide bonds. The SMILES string of the molecule is CCOC(=O)c1c(C)oc2ccc(N(C(=O)C=Cc3ccccc3)S(=O)(=O)c3ccc(CC)cc3)cc12. The van der Waals surface area contributed by atoms with Crippen LogP contribution in [-0.4, -0.2) is 26.9 Å². The van der Waals surface area contributed by atoms with Crippen LogP contribution >= 0.6 is 0 Å². The number of esters is 1. The molecule has 0 bridgehead atoms. The van der Waals surface area contributed by atoms with Gasteiger partial charge in [-0.2, -0.15) is 4.31 Å². The van der Waals surface area contributed by atoms with Crippen LogP contribution in [0.4, 0.5) is 5.69 Å². The van der Waals surface area contributed by atoms with Crippen LogP contribution < -0.4 is 4.31 Å². The molecule has 0 fully saturated rings. The molecule has 0 N–H and O–H groups in total. The van der Waals surface area contributed by atoms with Crippen LogP contribution in [0.5, 0.6) is 0 Å². The van der Waals surface area contributed by atoms with Gasteiger partial charge in [0.15, 0.2) is 0 Å². The summed E-state index contributed by atoms with van der Waals surface area (Å²) in [5.41, 5.74) is 2.35. The molecule has 0 unspecified atom stereocenters. The molecular formula is C29H27NO6S. The van der Waals surface area contributed by atoms with Gasteiger partial charge in [-0.25, -0.2) is 13.2 Å². The van der Waals surface area contributed by atoms with Crippen molar-refractivity contribution >= 4 is 44.6 Å². The molecule has 8 heteroatoms. The number of hydrogen-bond donors (Lipinski definition) is 0. The summed E-state index contributed by atoms with van der Waals surface area (Å²) in [6.45, 7) is 5.46. The average molecular weight is 518 g/mol. The van der Waals surface area contributed by atoms with Gasteiger partial charge in [-0.3, -0.25) is 4.79 Å². The van der Waals surface area contributed by atoms with Gasteiger partial charge in [0.05, 0.1) is 17.2 Å². The topological polar surface area (TPSA) is 93.9 Å². The Labute approximate surface area is 216 Å². The smallest absolute Gasteiger partial charge is 0.342 e. The fraction of sp³-hybridized carbons (Fsp3) is 0.172. The third-order valence-electron chi connectivity index (χ3n) is 5.85. The minimum absolute atomic E-state index is 0.0275. The first-order valence-electron chi connectivity index (χ1n) is 11.9. The quantitative estimate of drug-likeness (QED) is 0.213. The first kappa shape index (κ1) is 25.9. The van der Waals surface area contributed by atoms with Gasteiger partial charge in [0.1, 0.15) is 16.9 Å². The summed E-state index contributed by atoms with van der Waals surface area (Å²) >= 11 is 0. The largest absolute Gasteiger partial charge is 0.462 e. The molecule has 0 radical (unpaired) electrons. The second kappa shape index (κ2) is 10.8. The van der Waals surface area contributed by atoms with Crippen molar-refractivity contribution in [3.8, 4) is 0 Å². The zero-order valence-corrected chi connectivity index (χ0v) is 21.6. The van der Waals surface area contributed by atoms with Gasteiger partial charge in [-0.05, 0) is 67.8 Å². The van der Waals surface area contributed by atoms with Crippen molar-refractivity contribution in [3.63, 3.8) is 0 Å². The highest BCUT2D eigenvalue weighted by molar-refractivity contribution is 7.93. The fourth-order valence-corrected chi connectivity index (χ4v) is 5.36. The van der Waals surface area contributed by atoms with Crippen LogP contribution in [-0.2, 0) is 26.0 Å². The molecule has 190 valence electrons. The number of anilines is 1. The first-order valence-corrected chi connectivity index (χ1v) is 13.3. The maximum atomic E-state index is 13.8. The Morgan fingerprint density at radius 3 is 2.32 bits per heavy atom. The second-order valence-corrected chi connectivity index (χ2v) is 10.1.